The van der Waals surface area contributed by atoms with Gasteiger partial charge >= 0.3 is 0 Å². The van der Waals surface area contributed by atoms with E-state index in [1.807, 2.05) is 13.8 Å². The number of anilines is 4. The Bertz CT molecular complexity index is 3690. The van der Waals surface area contributed by atoms with Crippen molar-refractivity contribution in [2.24, 2.45) is 11.8 Å². The van der Waals surface area contributed by atoms with Gasteiger partial charge in [-0.2, -0.15) is 0 Å². The molecule has 0 N–H and O–H groups in total. The lowest BCUT2D eigenvalue weighted by molar-refractivity contribution is 0.591. The highest BCUT2D eigenvalue weighted by Gasteiger charge is 2.24. The molecule has 0 aromatic heterocycles. The molecule has 0 spiro atoms. The van der Waals surface area contributed by atoms with E-state index in [0.717, 1.165) is 19.3 Å². The van der Waals surface area contributed by atoms with Crippen LogP contribution < -0.4 is 9.80 Å². The number of hydrogen-bond donors (Lipinski definition) is 0. The highest BCUT2D eigenvalue weighted by atomic mass is 15.1. The fourth-order valence-electron chi connectivity index (χ4n) is 11.3. The first-order chi connectivity index (χ1) is 37.7. The fourth-order valence-corrected chi connectivity index (χ4v) is 11.3. The zero-order valence-corrected chi connectivity index (χ0v) is 48.5. The number of rotatable bonds is 11. The third-order valence-electron chi connectivity index (χ3n) is 15.9. The van der Waals surface area contributed by atoms with Crippen LogP contribution in [-0.2, 0) is 5.41 Å². The maximum Gasteiger partial charge on any atom is 0.0537 e. The van der Waals surface area contributed by atoms with Crippen LogP contribution in [-0.4, -0.2) is 7.05 Å². The van der Waals surface area contributed by atoms with Gasteiger partial charge in [-0.15, -0.1) is 0 Å². The van der Waals surface area contributed by atoms with Crippen LogP contribution in [0.25, 0.3) is 54.6 Å². The van der Waals surface area contributed by atoms with Crippen molar-refractivity contribution in [2.75, 3.05) is 16.8 Å². The molecule has 2 unspecified atom stereocenters. The fraction of sp³-hybridized carbons (Fsp3) is 0.237. The van der Waals surface area contributed by atoms with Crippen LogP contribution in [0.5, 0.6) is 0 Å². The average Bonchev–Trinajstić information content (AvgIpc) is 3.67. The lowest BCUT2D eigenvalue weighted by atomic mass is 9.83. The van der Waals surface area contributed by atoms with Crippen molar-refractivity contribution < 1.29 is 0 Å². The molecule has 0 radical (unpaired) electrons. The van der Waals surface area contributed by atoms with Crippen LogP contribution in [0.15, 0.2) is 241 Å². The molecule has 0 saturated carbocycles. The van der Waals surface area contributed by atoms with Crippen LogP contribution in [0.3, 0.4) is 0 Å². The van der Waals surface area contributed by atoms with E-state index in [9.17, 15) is 0 Å². The van der Waals surface area contributed by atoms with Crippen LogP contribution in [0.4, 0.5) is 22.7 Å². The molecule has 0 fully saturated rings. The molecule has 2 aliphatic carbocycles. The Morgan fingerprint density at radius 2 is 1.23 bits per heavy atom. The molecule has 78 heavy (non-hydrogen) atoms. The van der Waals surface area contributed by atoms with E-state index in [1.54, 1.807) is 0 Å². The lowest BCUT2D eigenvalue weighted by Gasteiger charge is -2.31. The van der Waals surface area contributed by atoms with Crippen molar-refractivity contribution >= 4 is 55.1 Å². The van der Waals surface area contributed by atoms with Gasteiger partial charge in [0.2, 0.25) is 0 Å². The average molecular weight is 1020 g/mol. The van der Waals surface area contributed by atoms with E-state index in [0.29, 0.717) is 11.8 Å². The van der Waals surface area contributed by atoms with Gasteiger partial charge in [0.15, 0.2) is 0 Å². The third-order valence-corrected chi connectivity index (χ3v) is 15.9. The number of allylic oxidation sites excluding steroid dienone is 12. The molecule has 394 valence electrons. The van der Waals surface area contributed by atoms with Gasteiger partial charge in [-0.3, -0.25) is 0 Å². The molecular formula is C76H80N2. The summed E-state index contributed by atoms with van der Waals surface area (Å²) >= 11 is 0. The summed E-state index contributed by atoms with van der Waals surface area (Å²) < 4.78 is 0. The molecule has 0 heterocycles. The van der Waals surface area contributed by atoms with Crippen molar-refractivity contribution in [1.82, 2.24) is 0 Å². The highest BCUT2D eigenvalue weighted by molar-refractivity contribution is 6.25. The summed E-state index contributed by atoms with van der Waals surface area (Å²) in [6, 6.07) is 62.3. The monoisotopic (exact) mass is 1020 g/mol. The molecule has 9 aromatic carbocycles. The summed E-state index contributed by atoms with van der Waals surface area (Å²) in [6.07, 6.45) is 22.1. The Labute approximate surface area is 467 Å². The molecule has 0 aliphatic heterocycles. The molecule has 9 aromatic rings. The summed E-state index contributed by atoms with van der Waals surface area (Å²) in [5.41, 5.74) is 20.4. The first-order valence-corrected chi connectivity index (χ1v) is 28.5. The van der Waals surface area contributed by atoms with Gasteiger partial charge in [0, 0.05) is 40.6 Å². The standard InChI is InChI=1S/C47H49N.C27H25N.C2H6/c1-31-13-18-36(19-14-31)42(26-17-33(3)35-11-9-8-10-12-35)34(4)48(41-24-15-32(2)16-25-41)44-28-23-37-20-21-38-29-40(47(5,6)7)30-39-22-27-43(44)46(37)45(38)39;1-20-14-16-24(17-15-20)28(3)27-21(2)25(22-10-6-4-7-11-22)18-19-26(27)23-12-8-5-9-13-23;1-2/h8-9,11,13,15-31,33H,10,12,14H2,1-7H3;4-19H,1-3H3;1-2H3/b26-17-,42-34-;;. The minimum Gasteiger partial charge on any atom is -0.344 e. The minimum atomic E-state index is 0.0887. The van der Waals surface area contributed by atoms with Gasteiger partial charge in [-0.1, -0.05) is 253 Å². The number of hydrogen-bond acceptors (Lipinski definition) is 2. The van der Waals surface area contributed by atoms with E-state index >= 15 is 0 Å². The van der Waals surface area contributed by atoms with E-state index in [-0.39, 0.29) is 5.41 Å². The van der Waals surface area contributed by atoms with Crippen LogP contribution in [0, 0.1) is 32.6 Å². The van der Waals surface area contributed by atoms with Gasteiger partial charge in [0.05, 0.1) is 11.4 Å². The molecule has 2 aliphatic rings. The quantitative estimate of drug-likeness (QED) is 0.0941. The van der Waals surface area contributed by atoms with Gasteiger partial charge in [-0.25, -0.2) is 0 Å². The van der Waals surface area contributed by atoms with Crippen molar-refractivity contribution in [3.8, 4) is 22.3 Å². The first kappa shape index (κ1) is 54.8. The summed E-state index contributed by atoms with van der Waals surface area (Å²) in [7, 11) is 2.16. The SMILES string of the molecule is C/C(=C(\C=C/C(C)C1=CC=CCC1)C1=CCC(C)C=C1)N(c1ccc(C)cc1)c1ccc2ccc3cc(C(C)(C)C)cc4ccc1c2c34.CC.Cc1ccc(N(C)c2c(-c3ccccc3)ccc(-c3ccccc3)c2C)cc1. The van der Waals surface area contributed by atoms with E-state index in [4.69, 9.17) is 0 Å². The maximum absolute atomic E-state index is 2.51. The predicted molar refractivity (Wildman–Crippen MR) is 343 cm³/mol. The second-order valence-corrected chi connectivity index (χ2v) is 22.4. The predicted octanol–water partition coefficient (Wildman–Crippen LogP) is 22.0. The molecule has 2 heteroatoms. The second-order valence-electron chi connectivity index (χ2n) is 22.4. The van der Waals surface area contributed by atoms with Gasteiger partial charge in [0.1, 0.15) is 0 Å². The Hall–Kier alpha value is -7.94. The smallest absolute Gasteiger partial charge is 0.0537 e. The summed E-state index contributed by atoms with van der Waals surface area (Å²) in [6.45, 7) is 24.4. The number of nitrogens with zero attached hydrogens (tertiary/aromatic N) is 2. The van der Waals surface area contributed by atoms with Crippen molar-refractivity contribution in [3.63, 3.8) is 0 Å². The van der Waals surface area contributed by atoms with E-state index in [1.165, 1.54) is 122 Å². The lowest BCUT2D eigenvalue weighted by Crippen LogP contribution is -2.17. The Morgan fingerprint density at radius 1 is 0.654 bits per heavy atom. The summed E-state index contributed by atoms with van der Waals surface area (Å²) in [5, 5.41) is 7.92. The van der Waals surface area contributed by atoms with Crippen molar-refractivity contribution in [2.45, 2.75) is 101 Å². The zero-order chi connectivity index (χ0) is 55.1. The zero-order valence-electron chi connectivity index (χ0n) is 48.5. The maximum atomic E-state index is 2.51. The third kappa shape index (κ3) is 11.8. The van der Waals surface area contributed by atoms with Crippen LogP contribution in [0.2, 0.25) is 0 Å². The molecule has 0 bridgehead atoms. The first-order valence-electron chi connectivity index (χ1n) is 28.5. The van der Waals surface area contributed by atoms with Gasteiger partial charge in [-0.05, 0) is 155 Å². The van der Waals surface area contributed by atoms with Crippen molar-refractivity contribution in [3.05, 3.63) is 263 Å². The second kappa shape index (κ2) is 24.2. The topological polar surface area (TPSA) is 6.48 Å². The molecule has 2 atom stereocenters. The Kier molecular flexibility index (Phi) is 17.0. The molecule has 11 rings (SSSR count). The normalized spacial score (nSPS) is 15.1. The van der Waals surface area contributed by atoms with Crippen molar-refractivity contribution in [1.29, 1.82) is 0 Å². The number of benzene rings is 9. The van der Waals surface area contributed by atoms with E-state index < -0.39 is 0 Å². The minimum absolute atomic E-state index is 0.0887. The van der Waals surface area contributed by atoms with Crippen LogP contribution in [0.1, 0.15) is 96.9 Å². The van der Waals surface area contributed by atoms with Crippen LogP contribution >= 0.6 is 0 Å². The Morgan fingerprint density at radius 3 is 1.82 bits per heavy atom. The summed E-state index contributed by atoms with van der Waals surface area (Å²) in [4.78, 5) is 4.81. The molecule has 0 saturated heterocycles. The van der Waals surface area contributed by atoms with E-state index in [2.05, 4.69) is 298 Å². The van der Waals surface area contributed by atoms with Gasteiger partial charge in [0.25, 0.3) is 0 Å². The highest BCUT2D eigenvalue weighted by Crippen LogP contribution is 2.45. The number of aryl methyl sites for hydroxylation is 2. The largest absolute Gasteiger partial charge is 0.344 e. The molecule has 2 nitrogen and oxygen atoms in total. The summed E-state index contributed by atoms with van der Waals surface area (Å²) in [5.74, 6) is 0.937. The van der Waals surface area contributed by atoms with Gasteiger partial charge < -0.3 is 9.80 Å². The Balaban J connectivity index is 0.000000209. The molecular weight excluding hydrogens is 941 g/mol. The molecule has 0 amide bonds.